The van der Waals surface area contributed by atoms with Gasteiger partial charge in [0.05, 0.1) is 25.2 Å². The molecule has 0 saturated heterocycles. The second kappa shape index (κ2) is 6.92. The van der Waals surface area contributed by atoms with Gasteiger partial charge in [0.15, 0.2) is 5.69 Å². The van der Waals surface area contributed by atoms with E-state index >= 15 is 0 Å². The van der Waals surface area contributed by atoms with Crippen LogP contribution in [0, 0.1) is 11.3 Å². The lowest BCUT2D eigenvalue weighted by atomic mass is 9.99. The van der Waals surface area contributed by atoms with Crippen molar-refractivity contribution >= 4 is 23.0 Å². The monoisotopic (exact) mass is 315 g/mol. The first-order chi connectivity index (χ1) is 11.0. The molecule has 23 heavy (non-hydrogen) atoms. The van der Waals surface area contributed by atoms with Crippen LogP contribution in [0.5, 0.6) is 0 Å². The lowest BCUT2D eigenvalue weighted by Gasteiger charge is -2.07. The minimum Gasteiger partial charge on any atom is -0.461 e. The summed E-state index contributed by atoms with van der Waals surface area (Å²) in [7, 11) is 0. The smallest absolute Gasteiger partial charge is 0.357 e. The summed E-state index contributed by atoms with van der Waals surface area (Å²) >= 11 is 0. The number of H-pyrrole nitrogens is 1. The number of hydrogen-bond acceptors (Lipinski definition) is 6. The summed E-state index contributed by atoms with van der Waals surface area (Å²) in [6, 6.07) is 5.23. The Balaban J connectivity index is 2.60. The van der Waals surface area contributed by atoms with Crippen molar-refractivity contribution in [2.75, 3.05) is 13.2 Å². The van der Waals surface area contributed by atoms with Gasteiger partial charge in [-0.15, -0.1) is 0 Å². The van der Waals surface area contributed by atoms with Crippen LogP contribution in [-0.4, -0.2) is 35.1 Å². The first-order valence-corrected chi connectivity index (χ1v) is 7.29. The molecule has 0 aliphatic heterocycles. The maximum atomic E-state index is 11.9. The van der Waals surface area contributed by atoms with E-state index in [4.69, 9.17) is 9.47 Å². The van der Waals surface area contributed by atoms with Crippen LogP contribution in [0.25, 0.3) is 11.0 Å². The van der Waals surface area contributed by atoms with Crippen LogP contribution >= 0.6 is 0 Å². The Morgan fingerprint density at radius 1 is 1.26 bits per heavy atom. The number of carbonyl (C=O) groups is 2. The van der Waals surface area contributed by atoms with E-state index in [1.165, 1.54) is 6.07 Å². The van der Waals surface area contributed by atoms with Crippen LogP contribution in [-0.2, 0) is 9.47 Å². The Kier molecular flexibility index (Phi) is 4.96. The molecule has 7 heteroatoms. The van der Waals surface area contributed by atoms with E-state index in [9.17, 15) is 14.9 Å². The van der Waals surface area contributed by atoms with Crippen LogP contribution in [0.1, 0.15) is 53.2 Å². The van der Waals surface area contributed by atoms with Gasteiger partial charge < -0.3 is 14.5 Å². The van der Waals surface area contributed by atoms with E-state index in [0.29, 0.717) is 16.6 Å². The van der Waals surface area contributed by atoms with Crippen molar-refractivity contribution in [3.05, 3.63) is 29.1 Å². The average Bonchev–Trinajstić information content (AvgIpc) is 2.97. The van der Waals surface area contributed by atoms with Gasteiger partial charge in [-0.2, -0.15) is 5.26 Å². The Morgan fingerprint density at radius 2 is 1.91 bits per heavy atom. The second-order valence-electron chi connectivity index (χ2n) is 4.83. The summed E-state index contributed by atoms with van der Waals surface area (Å²) in [5, 5.41) is 9.80. The summed E-state index contributed by atoms with van der Waals surface area (Å²) in [6.45, 7) is 5.59. The van der Waals surface area contributed by atoms with Crippen LogP contribution in [0.15, 0.2) is 12.1 Å². The van der Waals surface area contributed by atoms with Crippen molar-refractivity contribution in [3.63, 3.8) is 0 Å². The summed E-state index contributed by atoms with van der Waals surface area (Å²) in [5.41, 5.74) is 1.26. The molecule has 0 aromatic carbocycles. The van der Waals surface area contributed by atoms with Gasteiger partial charge in [-0.25, -0.2) is 14.6 Å². The Hall–Kier alpha value is -2.88. The third-order valence-electron chi connectivity index (χ3n) is 3.27. The summed E-state index contributed by atoms with van der Waals surface area (Å²) in [4.78, 5) is 30.8. The van der Waals surface area contributed by atoms with Crippen LogP contribution in [0.3, 0.4) is 0 Å². The number of nitrogens with one attached hydrogen (secondary N) is 1. The fourth-order valence-corrected chi connectivity index (χ4v) is 2.19. The topological polar surface area (TPSA) is 105 Å². The first kappa shape index (κ1) is 16.5. The molecule has 0 aliphatic rings. The molecule has 0 spiro atoms. The Bertz CT molecular complexity index is 788. The van der Waals surface area contributed by atoms with Gasteiger partial charge in [0.2, 0.25) is 0 Å². The van der Waals surface area contributed by atoms with Crippen molar-refractivity contribution in [2.45, 2.75) is 26.7 Å². The fraction of sp³-hybridized carbons (Fsp3) is 0.375. The zero-order valence-electron chi connectivity index (χ0n) is 13.2. The van der Waals surface area contributed by atoms with Gasteiger partial charge >= 0.3 is 11.9 Å². The van der Waals surface area contributed by atoms with Crippen molar-refractivity contribution in [1.82, 2.24) is 9.97 Å². The molecule has 2 aromatic rings. The Labute approximate surface area is 133 Å². The summed E-state index contributed by atoms with van der Waals surface area (Å²) in [5.74, 6) is -1.56. The molecule has 0 amide bonds. The molecule has 2 aromatic heterocycles. The minimum atomic E-state index is -0.576. The van der Waals surface area contributed by atoms with Crippen LogP contribution in [0.4, 0.5) is 0 Å². The molecule has 0 aliphatic carbocycles. The normalized spacial score (nSPS) is 11.7. The van der Waals surface area contributed by atoms with Crippen molar-refractivity contribution < 1.29 is 19.1 Å². The predicted octanol–water partition coefficient (Wildman–Crippen LogP) is 2.54. The molecule has 1 N–H and O–H groups in total. The number of aromatic nitrogens is 2. The van der Waals surface area contributed by atoms with Gasteiger partial charge in [-0.1, -0.05) is 0 Å². The van der Waals surface area contributed by atoms with E-state index in [0.717, 1.165) is 0 Å². The molecule has 2 rings (SSSR count). The quantitative estimate of drug-likeness (QED) is 0.850. The van der Waals surface area contributed by atoms with Crippen molar-refractivity contribution in [2.24, 2.45) is 0 Å². The van der Waals surface area contributed by atoms with Gasteiger partial charge in [0, 0.05) is 5.39 Å². The van der Waals surface area contributed by atoms with E-state index in [-0.39, 0.29) is 24.6 Å². The van der Waals surface area contributed by atoms with Crippen molar-refractivity contribution in [3.8, 4) is 6.07 Å². The molecule has 1 atom stereocenters. The first-order valence-electron chi connectivity index (χ1n) is 7.29. The van der Waals surface area contributed by atoms with Gasteiger partial charge in [0.1, 0.15) is 11.3 Å². The standard InChI is InChI=1S/C16H17N3O4/c1-4-22-15(20)12-6-10(9(3)8-17)11-7-13(16(21)23-5-2)19-14(11)18-12/h6-7,9H,4-5H2,1-3H3,(H,18,19). The highest BCUT2D eigenvalue weighted by molar-refractivity contribution is 5.97. The Morgan fingerprint density at radius 3 is 2.52 bits per heavy atom. The molecule has 0 bridgehead atoms. The van der Waals surface area contributed by atoms with E-state index in [1.54, 1.807) is 26.8 Å². The largest absolute Gasteiger partial charge is 0.461 e. The second-order valence-corrected chi connectivity index (χ2v) is 4.83. The van der Waals surface area contributed by atoms with E-state index < -0.39 is 17.9 Å². The molecule has 7 nitrogen and oxygen atoms in total. The molecule has 0 radical (unpaired) electrons. The van der Waals surface area contributed by atoms with Crippen molar-refractivity contribution in [1.29, 1.82) is 5.26 Å². The number of rotatable bonds is 5. The minimum absolute atomic E-state index is 0.0914. The number of ether oxygens (including phenoxy) is 2. The summed E-state index contributed by atoms with van der Waals surface area (Å²) < 4.78 is 9.89. The maximum absolute atomic E-state index is 11.9. The van der Waals surface area contributed by atoms with Crippen LogP contribution in [0.2, 0.25) is 0 Å². The van der Waals surface area contributed by atoms with E-state index in [1.807, 2.05) is 0 Å². The van der Waals surface area contributed by atoms with E-state index in [2.05, 4.69) is 16.0 Å². The highest BCUT2D eigenvalue weighted by Gasteiger charge is 2.20. The molecular formula is C16H17N3O4. The molecule has 120 valence electrons. The zero-order chi connectivity index (χ0) is 17.0. The third kappa shape index (κ3) is 3.31. The number of nitriles is 1. The average molecular weight is 315 g/mol. The molecule has 1 unspecified atom stereocenters. The number of pyridine rings is 1. The SMILES string of the molecule is CCOC(=O)c1cc(C(C)C#N)c2cc(C(=O)OCC)[nH]c2n1. The highest BCUT2D eigenvalue weighted by Crippen LogP contribution is 2.26. The number of fused-ring (bicyclic) bond motifs is 1. The number of hydrogen-bond donors (Lipinski definition) is 1. The summed E-state index contributed by atoms with van der Waals surface area (Å²) in [6.07, 6.45) is 0. The fourth-order valence-electron chi connectivity index (χ4n) is 2.19. The van der Waals surface area contributed by atoms with Gasteiger partial charge in [0.25, 0.3) is 0 Å². The van der Waals surface area contributed by atoms with Gasteiger partial charge in [-0.3, -0.25) is 0 Å². The van der Waals surface area contributed by atoms with Crippen LogP contribution < -0.4 is 0 Å². The molecular weight excluding hydrogens is 298 g/mol. The maximum Gasteiger partial charge on any atom is 0.357 e. The molecule has 0 fully saturated rings. The zero-order valence-corrected chi connectivity index (χ0v) is 13.2. The predicted molar refractivity (Wildman–Crippen MR) is 82.0 cm³/mol. The number of aromatic amines is 1. The lowest BCUT2D eigenvalue weighted by molar-refractivity contribution is 0.0512. The molecule has 0 saturated carbocycles. The number of carbonyl (C=O) groups excluding carboxylic acids is 2. The third-order valence-corrected chi connectivity index (χ3v) is 3.27. The molecule has 2 heterocycles. The lowest BCUT2D eigenvalue weighted by Crippen LogP contribution is -2.08. The van der Waals surface area contributed by atoms with Gasteiger partial charge in [-0.05, 0) is 38.5 Å². The number of nitrogens with zero attached hydrogens (tertiary/aromatic N) is 2. The number of esters is 2. The highest BCUT2D eigenvalue weighted by atomic mass is 16.5.